The molecule has 0 spiro atoms. The molecule has 1 aliphatic rings. The zero-order valence-electron chi connectivity index (χ0n) is 10.4. The lowest BCUT2D eigenvalue weighted by atomic mass is 9.92. The number of nitrogens with zero attached hydrogens (tertiary/aromatic N) is 1. The average molecular weight is 218 g/mol. The summed E-state index contributed by atoms with van der Waals surface area (Å²) in [5, 5.41) is 0. The molecule has 2 rings (SSSR count). The van der Waals surface area contributed by atoms with E-state index in [2.05, 4.69) is 36.9 Å². The fraction of sp³-hybridized carbons (Fsp3) is 0.571. The van der Waals surface area contributed by atoms with Gasteiger partial charge in [0.25, 0.3) is 0 Å². The summed E-state index contributed by atoms with van der Waals surface area (Å²) >= 11 is 0. The van der Waals surface area contributed by atoms with Crippen LogP contribution in [-0.2, 0) is 13.0 Å². The standard InChI is InChI=1S/C14H22N2/c1-3-16-7-6-13-8-12(11(2)9-15)4-5-14(13)10-16/h4-5,8,11H,3,6-7,9-10,15H2,1-2H3. The maximum Gasteiger partial charge on any atom is 0.0236 e. The Labute approximate surface area is 98.4 Å². The molecular formula is C14H22N2. The summed E-state index contributed by atoms with van der Waals surface area (Å²) in [6.07, 6.45) is 1.19. The molecule has 0 radical (unpaired) electrons. The molecule has 0 fully saturated rings. The van der Waals surface area contributed by atoms with Gasteiger partial charge in [-0.1, -0.05) is 32.0 Å². The molecule has 0 amide bonds. The van der Waals surface area contributed by atoms with E-state index >= 15 is 0 Å². The summed E-state index contributed by atoms with van der Waals surface area (Å²) in [6.45, 7) is 8.63. The fourth-order valence-corrected chi connectivity index (χ4v) is 2.34. The highest BCUT2D eigenvalue weighted by molar-refractivity contribution is 5.35. The maximum atomic E-state index is 5.72. The van der Waals surface area contributed by atoms with E-state index < -0.39 is 0 Å². The van der Waals surface area contributed by atoms with Gasteiger partial charge in [-0.15, -0.1) is 0 Å². The summed E-state index contributed by atoms with van der Waals surface area (Å²) in [5.74, 6) is 0.481. The van der Waals surface area contributed by atoms with Crippen LogP contribution in [0.15, 0.2) is 18.2 Å². The molecule has 1 unspecified atom stereocenters. The third kappa shape index (κ3) is 2.28. The van der Waals surface area contributed by atoms with E-state index in [9.17, 15) is 0 Å². The van der Waals surface area contributed by atoms with E-state index in [1.807, 2.05) is 0 Å². The molecule has 2 nitrogen and oxygen atoms in total. The molecule has 1 aliphatic heterocycles. The van der Waals surface area contributed by atoms with Crippen LogP contribution in [0.2, 0.25) is 0 Å². The van der Waals surface area contributed by atoms with E-state index in [1.54, 1.807) is 0 Å². The van der Waals surface area contributed by atoms with Crippen LogP contribution < -0.4 is 5.73 Å². The van der Waals surface area contributed by atoms with Crippen molar-refractivity contribution in [1.29, 1.82) is 0 Å². The Morgan fingerprint density at radius 3 is 2.88 bits per heavy atom. The van der Waals surface area contributed by atoms with Gasteiger partial charge >= 0.3 is 0 Å². The van der Waals surface area contributed by atoms with Crippen molar-refractivity contribution >= 4 is 0 Å². The lowest BCUT2D eigenvalue weighted by Gasteiger charge is -2.28. The lowest BCUT2D eigenvalue weighted by Crippen LogP contribution is -2.30. The van der Waals surface area contributed by atoms with Crippen molar-refractivity contribution in [3.05, 3.63) is 34.9 Å². The molecule has 1 aromatic carbocycles. The summed E-state index contributed by atoms with van der Waals surface area (Å²) < 4.78 is 0. The molecule has 0 aromatic heterocycles. The first kappa shape index (κ1) is 11.6. The van der Waals surface area contributed by atoms with E-state index in [0.29, 0.717) is 5.92 Å². The minimum absolute atomic E-state index is 0.481. The van der Waals surface area contributed by atoms with Crippen molar-refractivity contribution in [2.24, 2.45) is 5.73 Å². The van der Waals surface area contributed by atoms with Crippen molar-refractivity contribution in [2.45, 2.75) is 32.7 Å². The van der Waals surface area contributed by atoms with Crippen molar-refractivity contribution in [1.82, 2.24) is 4.90 Å². The predicted molar refractivity (Wildman–Crippen MR) is 68.6 cm³/mol. The molecule has 88 valence electrons. The van der Waals surface area contributed by atoms with Crippen molar-refractivity contribution in [3.63, 3.8) is 0 Å². The van der Waals surface area contributed by atoms with Gasteiger partial charge in [0.05, 0.1) is 0 Å². The minimum atomic E-state index is 0.481. The highest BCUT2D eigenvalue weighted by Gasteiger charge is 2.15. The Morgan fingerprint density at radius 1 is 1.38 bits per heavy atom. The van der Waals surface area contributed by atoms with Crippen LogP contribution in [0.3, 0.4) is 0 Å². The van der Waals surface area contributed by atoms with Gasteiger partial charge in [-0.05, 0) is 42.1 Å². The van der Waals surface area contributed by atoms with Crippen molar-refractivity contribution in [3.8, 4) is 0 Å². The zero-order chi connectivity index (χ0) is 11.5. The Bertz CT molecular complexity index is 360. The number of fused-ring (bicyclic) bond motifs is 1. The Kier molecular flexibility index (Phi) is 3.62. The monoisotopic (exact) mass is 218 g/mol. The molecule has 1 aromatic rings. The molecule has 1 atom stereocenters. The molecule has 0 bridgehead atoms. The van der Waals surface area contributed by atoms with Gasteiger partial charge in [0.1, 0.15) is 0 Å². The first-order valence-electron chi connectivity index (χ1n) is 6.28. The maximum absolute atomic E-state index is 5.72. The third-order valence-corrected chi connectivity index (χ3v) is 3.69. The quantitative estimate of drug-likeness (QED) is 0.842. The Morgan fingerprint density at radius 2 is 2.19 bits per heavy atom. The van der Waals surface area contributed by atoms with E-state index in [0.717, 1.165) is 19.6 Å². The van der Waals surface area contributed by atoms with Gasteiger partial charge < -0.3 is 5.73 Å². The molecule has 0 aliphatic carbocycles. The summed E-state index contributed by atoms with van der Waals surface area (Å²) in [7, 11) is 0. The van der Waals surface area contributed by atoms with Crippen LogP contribution in [0.25, 0.3) is 0 Å². The molecule has 0 saturated carbocycles. The zero-order valence-corrected chi connectivity index (χ0v) is 10.4. The normalized spacial score (nSPS) is 18.2. The van der Waals surface area contributed by atoms with Crippen LogP contribution in [-0.4, -0.2) is 24.5 Å². The Hall–Kier alpha value is -0.860. The smallest absolute Gasteiger partial charge is 0.0236 e. The molecule has 2 N–H and O–H groups in total. The second-order valence-electron chi connectivity index (χ2n) is 4.78. The number of benzene rings is 1. The van der Waals surface area contributed by atoms with Gasteiger partial charge in [0.2, 0.25) is 0 Å². The molecule has 16 heavy (non-hydrogen) atoms. The van der Waals surface area contributed by atoms with Crippen LogP contribution in [0.1, 0.15) is 36.5 Å². The summed E-state index contributed by atoms with van der Waals surface area (Å²) in [4.78, 5) is 2.49. The van der Waals surface area contributed by atoms with Crippen molar-refractivity contribution < 1.29 is 0 Å². The van der Waals surface area contributed by atoms with Crippen LogP contribution >= 0.6 is 0 Å². The number of hydrogen-bond acceptors (Lipinski definition) is 2. The van der Waals surface area contributed by atoms with Crippen LogP contribution in [0.4, 0.5) is 0 Å². The predicted octanol–water partition coefficient (Wildman–Crippen LogP) is 2.13. The first-order valence-corrected chi connectivity index (χ1v) is 6.28. The van der Waals surface area contributed by atoms with Gasteiger partial charge in [-0.25, -0.2) is 0 Å². The summed E-state index contributed by atoms with van der Waals surface area (Å²) in [5.41, 5.74) is 10.1. The van der Waals surface area contributed by atoms with E-state index in [-0.39, 0.29) is 0 Å². The van der Waals surface area contributed by atoms with Crippen LogP contribution in [0.5, 0.6) is 0 Å². The second-order valence-corrected chi connectivity index (χ2v) is 4.78. The minimum Gasteiger partial charge on any atom is -0.330 e. The first-order chi connectivity index (χ1) is 7.74. The number of likely N-dealkylation sites (N-methyl/N-ethyl adjacent to an activating group) is 1. The third-order valence-electron chi connectivity index (χ3n) is 3.69. The van der Waals surface area contributed by atoms with Gasteiger partial charge in [-0.3, -0.25) is 4.90 Å². The number of hydrogen-bond donors (Lipinski definition) is 1. The molecule has 0 saturated heterocycles. The van der Waals surface area contributed by atoms with Gasteiger partial charge in [-0.2, -0.15) is 0 Å². The largest absolute Gasteiger partial charge is 0.330 e. The second kappa shape index (κ2) is 4.98. The SMILES string of the molecule is CCN1CCc2cc(C(C)CN)ccc2C1. The van der Waals surface area contributed by atoms with E-state index in [4.69, 9.17) is 5.73 Å². The Balaban J connectivity index is 2.21. The van der Waals surface area contributed by atoms with E-state index in [1.165, 1.54) is 29.7 Å². The van der Waals surface area contributed by atoms with Crippen molar-refractivity contribution in [2.75, 3.05) is 19.6 Å². The topological polar surface area (TPSA) is 29.3 Å². The lowest BCUT2D eigenvalue weighted by molar-refractivity contribution is 0.268. The van der Waals surface area contributed by atoms with Crippen LogP contribution in [0, 0.1) is 0 Å². The highest BCUT2D eigenvalue weighted by atomic mass is 15.1. The highest BCUT2D eigenvalue weighted by Crippen LogP contribution is 2.23. The molecular weight excluding hydrogens is 196 g/mol. The van der Waals surface area contributed by atoms with Gasteiger partial charge in [0.15, 0.2) is 0 Å². The fourth-order valence-electron chi connectivity index (χ4n) is 2.34. The molecule has 2 heteroatoms. The number of rotatable bonds is 3. The average Bonchev–Trinajstić information content (AvgIpc) is 2.36. The van der Waals surface area contributed by atoms with Gasteiger partial charge in [0, 0.05) is 13.1 Å². The molecule has 1 heterocycles. The summed E-state index contributed by atoms with van der Waals surface area (Å²) in [6, 6.07) is 6.90. The number of nitrogens with two attached hydrogens (primary N) is 1.